The molecule has 0 saturated carbocycles. The minimum absolute atomic E-state index is 0.0983. The van der Waals surface area contributed by atoms with Gasteiger partial charge in [-0.3, -0.25) is 0 Å². The van der Waals surface area contributed by atoms with Gasteiger partial charge in [-0.15, -0.1) is 11.3 Å². The average molecular weight is 391 g/mol. The molecular weight excluding hydrogens is 360 g/mol. The lowest BCUT2D eigenvalue weighted by molar-refractivity contribution is 0.179. The summed E-state index contributed by atoms with van der Waals surface area (Å²) < 4.78 is 5.69. The highest BCUT2D eigenvalue weighted by Gasteiger charge is 2.10. The lowest BCUT2D eigenvalue weighted by atomic mass is 10.1. The number of guanidine groups is 1. The van der Waals surface area contributed by atoms with Gasteiger partial charge in [0.1, 0.15) is 10.8 Å². The number of nitrogens with one attached hydrogen (secondary N) is 2. The van der Waals surface area contributed by atoms with Gasteiger partial charge >= 0.3 is 0 Å². The second kappa shape index (κ2) is 10.3. The lowest BCUT2D eigenvalue weighted by Gasteiger charge is -2.17. The van der Waals surface area contributed by atoms with E-state index in [0.29, 0.717) is 19.0 Å². The zero-order valence-corrected chi connectivity index (χ0v) is 17.6. The Morgan fingerprint density at radius 2 is 2.07 bits per heavy atom. The van der Waals surface area contributed by atoms with Crippen molar-refractivity contribution in [1.82, 2.24) is 15.6 Å². The molecule has 0 aliphatic heterocycles. The maximum atomic E-state index is 10.5. The summed E-state index contributed by atoms with van der Waals surface area (Å²) in [6.45, 7) is 11.7. The average Bonchev–Trinajstić information content (AvgIpc) is 2.94. The molecule has 0 radical (unpaired) electrons. The summed E-state index contributed by atoms with van der Waals surface area (Å²) in [6.07, 6.45) is -0.560. The largest absolute Gasteiger partial charge is 0.491 e. The van der Waals surface area contributed by atoms with E-state index in [-0.39, 0.29) is 6.10 Å². The highest BCUT2D eigenvalue weighted by molar-refractivity contribution is 7.11. The zero-order valence-electron chi connectivity index (χ0n) is 16.7. The van der Waals surface area contributed by atoms with Crippen LogP contribution in [0.15, 0.2) is 29.3 Å². The third-order valence-corrected chi connectivity index (χ3v) is 4.92. The third kappa shape index (κ3) is 6.84. The number of aliphatic hydroxyl groups is 1. The van der Waals surface area contributed by atoms with Gasteiger partial charge in [-0.05, 0) is 52.3 Å². The monoisotopic (exact) mass is 390 g/mol. The molecule has 0 bridgehead atoms. The molecule has 1 aromatic heterocycles. The maximum Gasteiger partial charge on any atom is 0.191 e. The number of nitrogens with zero attached hydrogens (tertiary/aromatic N) is 2. The lowest BCUT2D eigenvalue weighted by Crippen LogP contribution is -2.39. The molecule has 27 heavy (non-hydrogen) atoms. The Balaban J connectivity index is 1.97. The quantitative estimate of drug-likeness (QED) is 0.476. The van der Waals surface area contributed by atoms with Crippen molar-refractivity contribution in [3.05, 3.63) is 45.4 Å². The Bertz CT molecular complexity index is 739. The Labute approximate surface area is 165 Å². The first-order valence-corrected chi connectivity index (χ1v) is 10.1. The molecule has 1 heterocycles. The highest BCUT2D eigenvalue weighted by Crippen LogP contribution is 2.20. The van der Waals surface area contributed by atoms with Crippen LogP contribution in [0.5, 0.6) is 5.75 Å². The standard InChI is InChI=1S/C20H30N4O2S/c1-6-21-20(23-12-19-24-14(4)15(5)27-19)22-11-18(25)16-8-7-9-17(10-16)26-13(2)3/h7-10,13,18,25H,6,11-12H2,1-5H3,(H2,21,22,23). The first-order chi connectivity index (χ1) is 12.9. The number of ether oxygens (including phenoxy) is 1. The molecule has 1 aromatic carbocycles. The summed E-state index contributed by atoms with van der Waals surface area (Å²) in [5.74, 6) is 1.42. The van der Waals surface area contributed by atoms with Crippen LogP contribution in [0.4, 0.5) is 0 Å². The van der Waals surface area contributed by atoms with Crippen molar-refractivity contribution < 1.29 is 9.84 Å². The SMILES string of the molecule is CCNC(=NCc1nc(C)c(C)s1)NCC(O)c1cccc(OC(C)C)c1. The normalized spacial score (nSPS) is 12.9. The molecule has 0 spiro atoms. The fourth-order valence-corrected chi connectivity index (χ4v) is 3.33. The Morgan fingerprint density at radius 1 is 1.30 bits per heavy atom. The Hall–Kier alpha value is -2.12. The van der Waals surface area contributed by atoms with Crippen molar-refractivity contribution in [3.63, 3.8) is 0 Å². The van der Waals surface area contributed by atoms with Crippen LogP contribution in [0.2, 0.25) is 0 Å². The molecular formula is C20H30N4O2S. The van der Waals surface area contributed by atoms with Crippen LogP contribution in [-0.4, -0.2) is 35.2 Å². The zero-order chi connectivity index (χ0) is 19.8. The Kier molecular flexibility index (Phi) is 8.06. The number of aryl methyl sites for hydroxylation is 2. The number of rotatable bonds is 8. The molecule has 0 aliphatic carbocycles. The van der Waals surface area contributed by atoms with Crippen LogP contribution in [-0.2, 0) is 6.54 Å². The van der Waals surface area contributed by atoms with Gasteiger partial charge in [-0.25, -0.2) is 9.98 Å². The first-order valence-electron chi connectivity index (χ1n) is 9.28. The fraction of sp³-hybridized carbons (Fsp3) is 0.500. The summed E-state index contributed by atoms with van der Waals surface area (Å²) in [4.78, 5) is 10.3. The topological polar surface area (TPSA) is 78.8 Å². The van der Waals surface area contributed by atoms with Crippen LogP contribution in [0.25, 0.3) is 0 Å². The fourth-order valence-electron chi connectivity index (χ4n) is 2.47. The molecule has 0 aliphatic rings. The summed E-state index contributed by atoms with van der Waals surface area (Å²) >= 11 is 1.66. The van der Waals surface area contributed by atoms with Crippen LogP contribution in [0.1, 0.15) is 48.0 Å². The minimum Gasteiger partial charge on any atom is -0.491 e. The predicted molar refractivity (Wildman–Crippen MR) is 112 cm³/mol. The molecule has 1 unspecified atom stereocenters. The van der Waals surface area contributed by atoms with E-state index in [0.717, 1.165) is 28.6 Å². The third-order valence-electron chi connectivity index (χ3n) is 3.87. The van der Waals surface area contributed by atoms with Crippen molar-refractivity contribution in [3.8, 4) is 5.75 Å². The van der Waals surface area contributed by atoms with E-state index < -0.39 is 6.10 Å². The molecule has 0 amide bonds. The summed E-state index contributed by atoms with van der Waals surface area (Å²) in [7, 11) is 0. The number of aliphatic hydroxyl groups excluding tert-OH is 1. The summed E-state index contributed by atoms with van der Waals surface area (Å²) in [6, 6.07) is 7.55. The number of thiazole rings is 1. The van der Waals surface area contributed by atoms with Crippen molar-refractivity contribution in [1.29, 1.82) is 0 Å². The molecule has 2 rings (SSSR count). The van der Waals surface area contributed by atoms with Gasteiger partial charge < -0.3 is 20.5 Å². The van der Waals surface area contributed by atoms with Gasteiger partial charge in [0.25, 0.3) is 0 Å². The van der Waals surface area contributed by atoms with Crippen molar-refractivity contribution in [2.24, 2.45) is 4.99 Å². The molecule has 148 valence electrons. The van der Waals surface area contributed by atoms with E-state index in [1.807, 2.05) is 52.0 Å². The second-order valence-corrected chi connectivity index (χ2v) is 7.87. The van der Waals surface area contributed by atoms with E-state index >= 15 is 0 Å². The molecule has 2 aromatic rings. The first kappa shape index (κ1) is 21.2. The Morgan fingerprint density at radius 3 is 2.70 bits per heavy atom. The summed E-state index contributed by atoms with van der Waals surface area (Å²) in [5.41, 5.74) is 1.87. The van der Waals surface area contributed by atoms with Gasteiger partial charge in [0, 0.05) is 18.0 Å². The van der Waals surface area contributed by atoms with Crippen molar-refractivity contribution >= 4 is 17.3 Å². The van der Waals surface area contributed by atoms with Gasteiger partial charge in [0.05, 0.1) is 24.4 Å². The van der Waals surface area contributed by atoms with Crippen LogP contribution in [0.3, 0.4) is 0 Å². The summed E-state index contributed by atoms with van der Waals surface area (Å²) in [5, 5.41) is 17.9. The molecule has 6 nitrogen and oxygen atoms in total. The van der Waals surface area contributed by atoms with E-state index in [1.165, 1.54) is 4.88 Å². The molecule has 7 heteroatoms. The molecule has 0 saturated heterocycles. The molecule has 3 N–H and O–H groups in total. The van der Waals surface area contributed by atoms with Gasteiger partial charge in [-0.1, -0.05) is 12.1 Å². The number of benzene rings is 1. The highest BCUT2D eigenvalue weighted by atomic mass is 32.1. The minimum atomic E-state index is -0.658. The van der Waals surface area contributed by atoms with Gasteiger partial charge in [0.15, 0.2) is 5.96 Å². The van der Waals surface area contributed by atoms with Crippen molar-refractivity contribution in [2.75, 3.05) is 13.1 Å². The number of hydrogen-bond acceptors (Lipinski definition) is 5. The smallest absolute Gasteiger partial charge is 0.191 e. The number of hydrogen-bond donors (Lipinski definition) is 3. The van der Waals surface area contributed by atoms with Gasteiger partial charge in [0.2, 0.25) is 0 Å². The van der Waals surface area contributed by atoms with Crippen LogP contribution >= 0.6 is 11.3 Å². The van der Waals surface area contributed by atoms with Crippen LogP contribution in [0, 0.1) is 13.8 Å². The van der Waals surface area contributed by atoms with E-state index in [4.69, 9.17) is 4.74 Å². The maximum absolute atomic E-state index is 10.5. The van der Waals surface area contributed by atoms with Gasteiger partial charge in [-0.2, -0.15) is 0 Å². The van der Waals surface area contributed by atoms with E-state index in [2.05, 4.69) is 27.5 Å². The predicted octanol–water partition coefficient (Wildman–Crippen LogP) is 3.34. The second-order valence-electron chi connectivity index (χ2n) is 6.58. The number of aromatic nitrogens is 1. The molecule has 1 atom stereocenters. The molecule has 0 fully saturated rings. The number of aliphatic imine (C=N–C) groups is 1. The van der Waals surface area contributed by atoms with Crippen LogP contribution < -0.4 is 15.4 Å². The van der Waals surface area contributed by atoms with E-state index in [9.17, 15) is 5.11 Å². The van der Waals surface area contributed by atoms with Crippen molar-refractivity contribution in [2.45, 2.75) is 53.4 Å². The van der Waals surface area contributed by atoms with E-state index in [1.54, 1.807) is 11.3 Å².